The number of rotatable bonds is 5. The fourth-order valence-electron chi connectivity index (χ4n) is 2.56. The highest BCUT2D eigenvalue weighted by Crippen LogP contribution is 2.19. The molecule has 1 fully saturated rings. The van der Waals surface area contributed by atoms with Crippen LogP contribution in [-0.4, -0.2) is 25.0 Å². The van der Waals surface area contributed by atoms with E-state index in [9.17, 15) is 4.79 Å². The van der Waals surface area contributed by atoms with Crippen molar-refractivity contribution in [3.05, 3.63) is 30.3 Å². The minimum atomic E-state index is 0.222. The monoisotopic (exact) mass is 260 g/mol. The number of anilines is 1. The molecule has 2 rings (SSSR count). The first-order valence-electron chi connectivity index (χ1n) is 7.39. The highest BCUT2D eigenvalue weighted by molar-refractivity contribution is 5.76. The third kappa shape index (κ3) is 4.27. The third-order valence-electron chi connectivity index (χ3n) is 3.74. The first-order chi connectivity index (χ1) is 9.29. The van der Waals surface area contributed by atoms with Gasteiger partial charge in [-0.25, -0.2) is 0 Å². The third-order valence-corrected chi connectivity index (χ3v) is 3.74. The molecule has 0 aromatic heterocycles. The van der Waals surface area contributed by atoms with Crippen molar-refractivity contribution < 1.29 is 4.79 Å². The maximum absolute atomic E-state index is 11.7. The molecule has 0 spiro atoms. The van der Waals surface area contributed by atoms with E-state index >= 15 is 0 Å². The Bertz CT molecular complexity index is 383. The Morgan fingerprint density at radius 3 is 2.58 bits per heavy atom. The summed E-state index contributed by atoms with van der Waals surface area (Å²) in [6.45, 7) is 4.18. The molecule has 1 aromatic carbocycles. The lowest BCUT2D eigenvalue weighted by molar-refractivity contribution is -0.122. The second-order valence-electron chi connectivity index (χ2n) is 5.27. The van der Waals surface area contributed by atoms with Gasteiger partial charge in [-0.15, -0.1) is 0 Å². The average Bonchev–Trinajstić information content (AvgIpc) is 2.47. The second-order valence-corrected chi connectivity index (χ2v) is 5.27. The van der Waals surface area contributed by atoms with E-state index in [1.165, 1.54) is 5.69 Å². The van der Waals surface area contributed by atoms with E-state index in [1.54, 1.807) is 0 Å². The van der Waals surface area contributed by atoms with Crippen LogP contribution in [0, 0.1) is 0 Å². The van der Waals surface area contributed by atoms with Gasteiger partial charge in [-0.1, -0.05) is 31.5 Å². The predicted octanol–water partition coefficient (Wildman–Crippen LogP) is 2.96. The lowest BCUT2D eigenvalue weighted by atomic mass is 10.0. The van der Waals surface area contributed by atoms with Crippen LogP contribution in [0.25, 0.3) is 0 Å². The summed E-state index contributed by atoms with van der Waals surface area (Å²) in [6.07, 6.45) is 4.85. The minimum absolute atomic E-state index is 0.222. The van der Waals surface area contributed by atoms with Crippen LogP contribution in [0.3, 0.4) is 0 Å². The Morgan fingerprint density at radius 1 is 1.26 bits per heavy atom. The molecule has 0 unspecified atom stereocenters. The second kappa shape index (κ2) is 7.17. The van der Waals surface area contributed by atoms with Gasteiger partial charge in [0.15, 0.2) is 0 Å². The molecule has 1 aliphatic heterocycles. The van der Waals surface area contributed by atoms with Crippen molar-refractivity contribution in [2.24, 2.45) is 0 Å². The number of benzene rings is 1. The fourth-order valence-corrected chi connectivity index (χ4v) is 2.56. The van der Waals surface area contributed by atoms with Crippen molar-refractivity contribution in [2.45, 2.75) is 45.1 Å². The van der Waals surface area contributed by atoms with Crippen molar-refractivity contribution in [1.29, 1.82) is 0 Å². The number of hydrogen-bond acceptors (Lipinski definition) is 2. The average molecular weight is 260 g/mol. The van der Waals surface area contributed by atoms with Crippen LogP contribution in [0.1, 0.15) is 39.0 Å². The van der Waals surface area contributed by atoms with Crippen LogP contribution in [0.4, 0.5) is 5.69 Å². The van der Waals surface area contributed by atoms with Gasteiger partial charge in [0.2, 0.25) is 5.91 Å². The minimum Gasteiger partial charge on any atom is -0.371 e. The largest absolute Gasteiger partial charge is 0.371 e. The Morgan fingerprint density at radius 2 is 1.95 bits per heavy atom. The van der Waals surface area contributed by atoms with Crippen LogP contribution in [0.5, 0.6) is 0 Å². The molecule has 0 bridgehead atoms. The van der Waals surface area contributed by atoms with Gasteiger partial charge in [-0.05, 0) is 31.4 Å². The topological polar surface area (TPSA) is 32.3 Å². The van der Waals surface area contributed by atoms with Crippen LogP contribution < -0.4 is 10.2 Å². The highest BCUT2D eigenvalue weighted by Gasteiger charge is 2.20. The first kappa shape index (κ1) is 13.9. The Hall–Kier alpha value is -1.51. The van der Waals surface area contributed by atoms with Crippen molar-refractivity contribution in [2.75, 3.05) is 18.0 Å². The molecule has 1 saturated heterocycles. The molecule has 1 heterocycles. The van der Waals surface area contributed by atoms with E-state index in [-0.39, 0.29) is 5.91 Å². The predicted molar refractivity (Wildman–Crippen MR) is 79.3 cm³/mol. The summed E-state index contributed by atoms with van der Waals surface area (Å²) >= 11 is 0. The molecular formula is C16H24N2O. The first-order valence-corrected chi connectivity index (χ1v) is 7.39. The van der Waals surface area contributed by atoms with Crippen molar-refractivity contribution in [3.8, 4) is 0 Å². The number of carbonyl (C=O) groups is 1. The normalized spacial score (nSPS) is 16.4. The van der Waals surface area contributed by atoms with Crippen molar-refractivity contribution >= 4 is 11.6 Å². The van der Waals surface area contributed by atoms with E-state index in [0.717, 1.165) is 38.8 Å². The van der Waals surface area contributed by atoms with Crippen LogP contribution in [0.2, 0.25) is 0 Å². The SMILES string of the molecule is CCCCC(=O)NC1CCN(c2ccccc2)CC1. The van der Waals surface area contributed by atoms with Crippen molar-refractivity contribution in [1.82, 2.24) is 5.32 Å². The van der Waals surface area contributed by atoms with Crippen molar-refractivity contribution in [3.63, 3.8) is 0 Å². The molecule has 1 N–H and O–H groups in total. The zero-order valence-electron chi connectivity index (χ0n) is 11.8. The van der Waals surface area contributed by atoms with Gasteiger partial charge < -0.3 is 10.2 Å². The van der Waals surface area contributed by atoms with Gasteiger partial charge >= 0.3 is 0 Å². The summed E-state index contributed by atoms with van der Waals surface area (Å²) in [6, 6.07) is 10.9. The number of unbranched alkanes of at least 4 members (excludes halogenated alkanes) is 1. The lowest BCUT2D eigenvalue weighted by Crippen LogP contribution is -2.44. The number of amides is 1. The van der Waals surface area contributed by atoms with E-state index < -0.39 is 0 Å². The molecule has 0 radical (unpaired) electrons. The molecular weight excluding hydrogens is 236 g/mol. The number of nitrogens with zero attached hydrogens (tertiary/aromatic N) is 1. The zero-order valence-corrected chi connectivity index (χ0v) is 11.8. The van der Waals surface area contributed by atoms with Gasteiger partial charge in [-0.3, -0.25) is 4.79 Å². The Balaban J connectivity index is 1.75. The maximum atomic E-state index is 11.7. The van der Waals surface area contributed by atoms with E-state index in [0.29, 0.717) is 12.5 Å². The molecule has 1 amide bonds. The summed E-state index contributed by atoms with van der Waals surface area (Å²) in [4.78, 5) is 14.1. The number of carbonyl (C=O) groups excluding carboxylic acids is 1. The van der Waals surface area contributed by atoms with Crippen LogP contribution in [0.15, 0.2) is 30.3 Å². The summed E-state index contributed by atoms with van der Waals surface area (Å²) in [5.74, 6) is 0.222. The maximum Gasteiger partial charge on any atom is 0.220 e. The molecule has 0 saturated carbocycles. The Kier molecular flexibility index (Phi) is 5.25. The highest BCUT2D eigenvalue weighted by atomic mass is 16.1. The quantitative estimate of drug-likeness (QED) is 0.882. The van der Waals surface area contributed by atoms with E-state index in [2.05, 4.69) is 41.4 Å². The van der Waals surface area contributed by atoms with E-state index in [1.807, 2.05) is 6.07 Å². The van der Waals surface area contributed by atoms with Gasteiger partial charge in [0.25, 0.3) is 0 Å². The molecule has 104 valence electrons. The Labute approximate surface area is 116 Å². The van der Waals surface area contributed by atoms with Gasteiger partial charge in [0, 0.05) is 31.2 Å². The molecule has 3 nitrogen and oxygen atoms in total. The summed E-state index contributed by atoms with van der Waals surface area (Å²) in [7, 11) is 0. The lowest BCUT2D eigenvalue weighted by Gasteiger charge is -2.34. The molecule has 19 heavy (non-hydrogen) atoms. The number of piperidine rings is 1. The van der Waals surface area contributed by atoms with Gasteiger partial charge in [-0.2, -0.15) is 0 Å². The van der Waals surface area contributed by atoms with Gasteiger partial charge in [0.05, 0.1) is 0 Å². The molecule has 3 heteroatoms. The summed E-state index contributed by atoms with van der Waals surface area (Å²) in [5.41, 5.74) is 1.29. The number of nitrogens with one attached hydrogen (secondary N) is 1. The van der Waals surface area contributed by atoms with Gasteiger partial charge in [0.1, 0.15) is 0 Å². The van der Waals surface area contributed by atoms with Crippen LogP contribution >= 0.6 is 0 Å². The molecule has 0 aliphatic carbocycles. The van der Waals surface area contributed by atoms with Crippen LogP contribution in [-0.2, 0) is 4.79 Å². The molecule has 1 aliphatic rings. The molecule has 1 aromatic rings. The zero-order chi connectivity index (χ0) is 13.5. The summed E-state index contributed by atoms with van der Waals surface area (Å²) in [5, 5.41) is 3.16. The van der Waals surface area contributed by atoms with E-state index in [4.69, 9.17) is 0 Å². The smallest absolute Gasteiger partial charge is 0.220 e. The standard InChI is InChI=1S/C16H24N2O/c1-2-3-9-16(19)17-14-10-12-18(13-11-14)15-7-5-4-6-8-15/h4-8,14H,2-3,9-13H2,1H3,(H,17,19). The number of hydrogen-bond donors (Lipinski definition) is 1. The fraction of sp³-hybridized carbons (Fsp3) is 0.562. The molecule has 0 atom stereocenters. The number of para-hydroxylation sites is 1. The summed E-state index contributed by atoms with van der Waals surface area (Å²) < 4.78 is 0.